The van der Waals surface area contributed by atoms with Crippen LogP contribution in [0.4, 0.5) is 5.69 Å². The van der Waals surface area contributed by atoms with Crippen molar-refractivity contribution in [1.82, 2.24) is 0 Å². The molecule has 0 saturated heterocycles. The molecule has 1 heterocycles. The van der Waals surface area contributed by atoms with Crippen LogP contribution in [0.5, 0.6) is 5.75 Å². The Balaban J connectivity index is 2.43. The van der Waals surface area contributed by atoms with Crippen molar-refractivity contribution < 1.29 is 27.2 Å². The second-order valence-corrected chi connectivity index (χ2v) is 7.43. The highest BCUT2D eigenvalue weighted by molar-refractivity contribution is 7.87. The summed E-state index contributed by atoms with van der Waals surface area (Å²) < 4.78 is 44.5. The van der Waals surface area contributed by atoms with Gasteiger partial charge in [0.15, 0.2) is 0 Å². The first kappa shape index (κ1) is 17.7. The smallest absolute Gasteiger partial charge is 0.359 e. The van der Waals surface area contributed by atoms with E-state index in [1.54, 1.807) is 12.1 Å². The molecule has 0 bridgehead atoms. The fourth-order valence-corrected chi connectivity index (χ4v) is 3.35. The van der Waals surface area contributed by atoms with Gasteiger partial charge in [0.05, 0.1) is 11.1 Å². The maximum Gasteiger partial charge on any atom is 0.359 e. The number of hydrogen-bond donors (Lipinski definition) is 1. The van der Waals surface area contributed by atoms with E-state index in [0.717, 1.165) is 9.87 Å². The molecule has 0 fully saturated rings. The number of Topliss-reactive ketones (excluding diaryl/α,β-unsaturated/α-hetero) is 1. The Hall–Kier alpha value is -1.64. The number of carbonyl (C=O) groups excluding carboxylic acids is 1. The van der Waals surface area contributed by atoms with Crippen LogP contribution in [0, 0.1) is 0 Å². The van der Waals surface area contributed by atoms with Crippen LogP contribution >= 0.6 is 0 Å². The lowest BCUT2D eigenvalue weighted by atomic mass is 9.85. The van der Waals surface area contributed by atoms with E-state index in [-0.39, 0.29) is 24.4 Å². The highest BCUT2D eigenvalue weighted by Crippen LogP contribution is 2.44. The predicted molar refractivity (Wildman–Crippen MR) is 85.1 cm³/mol. The van der Waals surface area contributed by atoms with Crippen molar-refractivity contribution in [3.8, 4) is 5.75 Å². The standard InChI is InChI=1S/C15H21NO6S/c1-10(17)7-8-16(23(18,19)20)11-5-6-13-12(9-11)15(2,3)14(21-4)22-13/h5-6,9,14H,7-8H2,1-4H3,(H,18,19,20). The summed E-state index contributed by atoms with van der Waals surface area (Å²) in [6.07, 6.45) is -0.471. The van der Waals surface area contributed by atoms with E-state index in [9.17, 15) is 17.8 Å². The van der Waals surface area contributed by atoms with Crippen LogP contribution < -0.4 is 9.04 Å². The average molecular weight is 343 g/mol. The van der Waals surface area contributed by atoms with Gasteiger partial charge in [-0.15, -0.1) is 0 Å². The van der Waals surface area contributed by atoms with Crippen LogP contribution in [-0.4, -0.2) is 38.7 Å². The molecule has 1 N–H and O–H groups in total. The molecule has 128 valence electrons. The number of ether oxygens (including phenoxy) is 2. The van der Waals surface area contributed by atoms with E-state index in [1.165, 1.54) is 20.1 Å². The molecule has 7 nitrogen and oxygen atoms in total. The summed E-state index contributed by atoms with van der Waals surface area (Å²) in [4.78, 5) is 11.1. The van der Waals surface area contributed by atoms with Gasteiger partial charge in [-0.2, -0.15) is 8.42 Å². The Bertz CT molecular complexity index is 713. The van der Waals surface area contributed by atoms with Gasteiger partial charge in [0, 0.05) is 25.6 Å². The highest BCUT2D eigenvalue weighted by Gasteiger charge is 2.42. The summed E-state index contributed by atoms with van der Waals surface area (Å²) in [5, 5.41) is 0. The fraction of sp³-hybridized carbons (Fsp3) is 0.533. The van der Waals surface area contributed by atoms with Crippen molar-refractivity contribution in [2.24, 2.45) is 0 Å². The van der Waals surface area contributed by atoms with E-state index < -0.39 is 22.0 Å². The summed E-state index contributed by atoms with van der Waals surface area (Å²) >= 11 is 0. The van der Waals surface area contributed by atoms with E-state index in [2.05, 4.69) is 0 Å². The zero-order chi connectivity index (χ0) is 17.4. The van der Waals surface area contributed by atoms with Crippen molar-refractivity contribution in [2.75, 3.05) is 18.0 Å². The molecule has 8 heteroatoms. The molecule has 0 aliphatic carbocycles. The van der Waals surface area contributed by atoms with Gasteiger partial charge in [-0.1, -0.05) is 0 Å². The summed E-state index contributed by atoms with van der Waals surface area (Å²) in [5.41, 5.74) is 0.574. The summed E-state index contributed by atoms with van der Waals surface area (Å²) in [5.74, 6) is 0.440. The Labute approximate surface area is 136 Å². The topological polar surface area (TPSA) is 93.1 Å². The Kier molecular flexibility index (Phi) is 4.70. The first-order chi connectivity index (χ1) is 10.6. The maximum absolute atomic E-state index is 11.6. The first-order valence-corrected chi connectivity index (χ1v) is 8.55. The summed E-state index contributed by atoms with van der Waals surface area (Å²) in [7, 11) is -2.94. The van der Waals surface area contributed by atoms with E-state index in [0.29, 0.717) is 5.75 Å². The van der Waals surface area contributed by atoms with Gasteiger partial charge in [-0.05, 0) is 39.0 Å². The molecule has 1 aliphatic rings. The number of hydrogen-bond acceptors (Lipinski definition) is 5. The van der Waals surface area contributed by atoms with E-state index in [4.69, 9.17) is 9.47 Å². The van der Waals surface area contributed by atoms with Crippen molar-refractivity contribution in [3.05, 3.63) is 23.8 Å². The van der Waals surface area contributed by atoms with Gasteiger partial charge in [-0.25, -0.2) is 4.31 Å². The fourth-order valence-electron chi connectivity index (χ4n) is 2.65. The Morgan fingerprint density at radius 3 is 2.61 bits per heavy atom. The van der Waals surface area contributed by atoms with Crippen LogP contribution in [0.25, 0.3) is 0 Å². The number of anilines is 1. The normalized spacial score (nSPS) is 19.1. The number of carbonyl (C=O) groups is 1. The third-order valence-electron chi connectivity index (χ3n) is 3.93. The molecular weight excluding hydrogens is 322 g/mol. The van der Waals surface area contributed by atoms with Gasteiger partial charge in [-0.3, -0.25) is 9.35 Å². The lowest BCUT2D eigenvalue weighted by Crippen LogP contribution is -2.34. The molecule has 0 aromatic heterocycles. The zero-order valence-corrected chi connectivity index (χ0v) is 14.4. The van der Waals surface area contributed by atoms with Crippen molar-refractivity contribution in [3.63, 3.8) is 0 Å². The summed E-state index contributed by atoms with van der Waals surface area (Å²) in [6, 6.07) is 4.81. The lowest BCUT2D eigenvalue weighted by molar-refractivity contribution is -0.116. The molecule has 1 unspecified atom stereocenters. The SMILES string of the molecule is COC1Oc2ccc(N(CCC(C)=O)S(=O)(=O)O)cc2C1(C)C. The monoisotopic (exact) mass is 343 g/mol. The third kappa shape index (κ3) is 3.49. The Morgan fingerprint density at radius 1 is 1.43 bits per heavy atom. The molecule has 0 saturated carbocycles. The van der Waals surface area contributed by atoms with E-state index >= 15 is 0 Å². The largest absolute Gasteiger partial charge is 0.464 e. The zero-order valence-electron chi connectivity index (χ0n) is 13.6. The average Bonchev–Trinajstić information content (AvgIpc) is 2.68. The number of ketones is 1. The van der Waals surface area contributed by atoms with Crippen LogP contribution in [0.3, 0.4) is 0 Å². The van der Waals surface area contributed by atoms with Gasteiger partial charge < -0.3 is 9.47 Å². The molecular formula is C15H21NO6S. The molecule has 0 spiro atoms. The van der Waals surface area contributed by atoms with Crippen LogP contribution in [0.15, 0.2) is 18.2 Å². The second kappa shape index (κ2) is 6.10. The van der Waals surface area contributed by atoms with Crippen LogP contribution in [0.2, 0.25) is 0 Å². The molecule has 1 aromatic rings. The molecule has 1 aliphatic heterocycles. The third-order valence-corrected chi connectivity index (χ3v) is 4.88. The van der Waals surface area contributed by atoms with Gasteiger partial charge >= 0.3 is 10.3 Å². The van der Waals surface area contributed by atoms with E-state index in [1.807, 2.05) is 13.8 Å². The number of fused-ring (bicyclic) bond motifs is 1. The van der Waals surface area contributed by atoms with Crippen LogP contribution in [-0.2, 0) is 25.3 Å². The van der Waals surface area contributed by atoms with Gasteiger partial charge in [0.1, 0.15) is 11.5 Å². The minimum absolute atomic E-state index is 0.0114. The lowest BCUT2D eigenvalue weighted by Gasteiger charge is -2.25. The highest BCUT2D eigenvalue weighted by atomic mass is 32.2. The molecule has 2 rings (SSSR count). The number of methoxy groups -OCH3 is 1. The number of nitrogens with zero attached hydrogens (tertiary/aromatic N) is 1. The summed E-state index contributed by atoms with van der Waals surface area (Å²) in [6.45, 7) is 5.08. The molecule has 1 aromatic carbocycles. The molecule has 1 atom stereocenters. The van der Waals surface area contributed by atoms with Crippen molar-refractivity contribution >= 4 is 21.8 Å². The van der Waals surface area contributed by atoms with Gasteiger partial charge in [0.25, 0.3) is 0 Å². The number of benzene rings is 1. The van der Waals surface area contributed by atoms with Crippen molar-refractivity contribution in [2.45, 2.75) is 38.9 Å². The minimum Gasteiger partial charge on any atom is -0.464 e. The molecule has 0 amide bonds. The predicted octanol–water partition coefficient (Wildman–Crippen LogP) is 1.92. The second-order valence-electron chi connectivity index (χ2n) is 6.09. The van der Waals surface area contributed by atoms with Crippen molar-refractivity contribution in [1.29, 1.82) is 0 Å². The molecule has 23 heavy (non-hydrogen) atoms. The molecule has 0 radical (unpaired) electrons. The maximum atomic E-state index is 11.6. The number of rotatable bonds is 6. The minimum atomic E-state index is -4.48. The quantitative estimate of drug-likeness (QED) is 0.793. The van der Waals surface area contributed by atoms with Crippen LogP contribution in [0.1, 0.15) is 32.8 Å². The Morgan fingerprint density at radius 2 is 2.09 bits per heavy atom. The first-order valence-electron chi connectivity index (χ1n) is 7.16. The van der Waals surface area contributed by atoms with Gasteiger partial charge in [0.2, 0.25) is 6.29 Å².